The van der Waals surface area contributed by atoms with E-state index in [4.69, 9.17) is 14.8 Å². The third-order valence-corrected chi connectivity index (χ3v) is 2.83. The molecular weight excluding hydrogens is 265 g/mol. The van der Waals surface area contributed by atoms with Crippen LogP contribution in [0.1, 0.15) is 11.1 Å². The number of hydrogen-bond acceptors (Lipinski definition) is 3. The van der Waals surface area contributed by atoms with Crippen molar-refractivity contribution in [1.82, 2.24) is 0 Å². The second kappa shape index (κ2) is 6.03. The zero-order valence-corrected chi connectivity index (χ0v) is 10.8. The molecule has 6 heteroatoms. The second-order valence-corrected chi connectivity index (χ2v) is 4.44. The van der Waals surface area contributed by atoms with Crippen molar-refractivity contribution in [1.29, 1.82) is 0 Å². The minimum absolute atomic E-state index is 0.0216. The third kappa shape index (κ3) is 3.34. The molecule has 0 aromatic heterocycles. The molecule has 104 valence electrons. The highest BCUT2D eigenvalue weighted by Crippen LogP contribution is 2.20. The third-order valence-electron chi connectivity index (χ3n) is 2.83. The van der Waals surface area contributed by atoms with Crippen molar-refractivity contribution in [2.45, 2.75) is 13.5 Å². The number of halogens is 2. The molecule has 0 aliphatic heterocycles. The smallest absolute Gasteiger partial charge is 0.486 e. The SMILES string of the molecule is Cc1cccc(OCc2cc(F)cc(B(O)O)c2)c1F. The van der Waals surface area contributed by atoms with Crippen molar-refractivity contribution in [3.8, 4) is 5.75 Å². The van der Waals surface area contributed by atoms with Crippen LogP contribution in [-0.2, 0) is 6.61 Å². The van der Waals surface area contributed by atoms with Gasteiger partial charge in [-0.15, -0.1) is 0 Å². The predicted octanol–water partition coefficient (Wildman–Crippen LogP) is 1.53. The van der Waals surface area contributed by atoms with E-state index in [1.165, 1.54) is 18.2 Å². The van der Waals surface area contributed by atoms with Gasteiger partial charge in [0.05, 0.1) is 0 Å². The molecule has 2 aromatic carbocycles. The zero-order valence-electron chi connectivity index (χ0n) is 10.8. The Morgan fingerprint density at radius 2 is 1.90 bits per heavy atom. The highest BCUT2D eigenvalue weighted by molar-refractivity contribution is 6.58. The van der Waals surface area contributed by atoms with Gasteiger partial charge in [-0.25, -0.2) is 8.78 Å². The summed E-state index contributed by atoms with van der Waals surface area (Å²) in [5, 5.41) is 18.1. The molecule has 0 aliphatic rings. The summed E-state index contributed by atoms with van der Waals surface area (Å²) >= 11 is 0. The number of aryl methyl sites for hydroxylation is 1. The molecule has 0 heterocycles. The van der Waals surface area contributed by atoms with E-state index in [2.05, 4.69) is 0 Å². The van der Waals surface area contributed by atoms with E-state index in [0.29, 0.717) is 11.1 Å². The summed E-state index contributed by atoms with van der Waals surface area (Å²) < 4.78 is 32.3. The van der Waals surface area contributed by atoms with Crippen molar-refractivity contribution >= 4 is 12.6 Å². The van der Waals surface area contributed by atoms with Gasteiger partial charge in [-0.05, 0) is 41.7 Å². The second-order valence-electron chi connectivity index (χ2n) is 4.44. The summed E-state index contributed by atoms with van der Waals surface area (Å²) in [6.45, 7) is 1.54. The summed E-state index contributed by atoms with van der Waals surface area (Å²) in [4.78, 5) is 0. The first-order valence-electron chi connectivity index (χ1n) is 6.01. The summed E-state index contributed by atoms with van der Waals surface area (Å²) in [6.07, 6.45) is 0. The van der Waals surface area contributed by atoms with Crippen LogP contribution in [0, 0.1) is 18.6 Å². The highest BCUT2D eigenvalue weighted by atomic mass is 19.1. The molecule has 0 saturated carbocycles. The highest BCUT2D eigenvalue weighted by Gasteiger charge is 2.14. The fourth-order valence-corrected chi connectivity index (χ4v) is 1.80. The summed E-state index contributed by atoms with van der Waals surface area (Å²) in [6, 6.07) is 8.35. The molecule has 0 spiro atoms. The monoisotopic (exact) mass is 278 g/mol. The maximum atomic E-state index is 13.7. The zero-order chi connectivity index (χ0) is 14.7. The van der Waals surface area contributed by atoms with Crippen LogP contribution in [0.15, 0.2) is 36.4 Å². The quantitative estimate of drug-likeness (QED) is 0.834. The number of hydrogen-bond donors (Lipinski definition) is 2. The largest absolute Gasteiger partial charge is 0.488 e. The van der Waals surface area contributed by atoms with Crippen molar-refractivity contribution in [3.63, 3.8) is 0 Å². The fourth-order valence-electron chi connectivity index (χ4n) is 1.80. The molecule has 0 unspecified atom stereocenters. The van der Waals surface area contributed by atoms with Gasteiger partial charge < -0.3 is 14.8 Å². The first kappa shape index (κ1) is 14.5. The van der Waals surface area contributed by atoms with E-state index in [9.17, 15) is 8.78 Å². The van der Waals surface area contributed by atoms with Gasteiger partial charge in [0.2, 0.25) is 0 Å². The normalized spacial score (nSPS) is 10.4. The number of rotatable bonds is 4. The molecule has 0 saturated heterocycles. The van der Waals surface area contributed by atoms with Crippen LogP contribution in [0.25, 0.3) is 0 Å². The van der Waals surface area contributed by atoms with Crippen LogP contribution in [0.2, 0.25) is 0 Å². The Balaban J connectivity index is 2.16. The van der Waals surface area contributed by atoms with Crippen molar-refractivity contribution in [3.05, 3.63) is 59.2 Å². The van der Waals surface area contributed by atoms with Crippen molar-refractivity contribution in [2.24, 2.45) is 0 Å². The molecule has 0 amide bonds. The average molecular weight is 278 g/mol. The Morgan fingerprint density at radius 3 is 2.60 bits per heavy atom. The molecule has 0 radical (unpaired) electrons. The summed E-state index contributed by atoms with van der Waals surface area (Å²) in [5.74, 6) is -1.01. The lowest BCUT2D eigenvalue weighted by Gasteiger charge is -2.10. The average Bonchev–Trinajstić information content (AvgIpc) is 2.40. The molecule has 0 aliphatic carbocycles. The molecule has 2 N–H and O–H groups in total. The maximum Gasteiger partial charge on any atom is 0.488 e. The summed E-state index contributed by atoms with van der Waals surface area (Å²) in [5.41, 5.74) is 0.857. The van der Waals surface area contributed by atoms with Gasteiger partial charge in [0.25, 0.3) is 0 Å². The lowest BCUT2D eigenvalue weighted by molar-refractivity contribution is 0.289. The fraction of sp³-hybridized carbons (Fsp3) is 0.143. The maximum absolute atomic E-state index is 13.7. The Labute approximate surface area is 115 Å². The first-order chi connectivity index (χ1) is 9.47. The van der Waals surface area contributed by atoms with E-state index < -0.39 is 18.8 Å². The lowest BCUT2D eigenvalue weighted by atomic mass is 9.79. The minimum atomic E-state index is -1.76. The van der Waals surface area contributed by atoms with Gasteiger partial charge in [0, 0.05) is 0 Å². The Hall–Kier alpha value is -1.92. The van der Waals surface area contributed by atoms with Crippen molar-refractivity contribution in [2.75, 3.05) is 0 Å². The lowest BCUT2D eigenvalue weighted by Crippen LogP contribution is -2.30. The first-order valence-corrected chi connectivity index (χ1v) is 6.01. The molecule has 3 nitrogen and oxygen atoms in total. The van der Waals surface area contributed by atoms with Gasteiger partial charge in [-0.1, -0.05) is 18.2 Å². The van der Waals surface area contributed by atoms with Gasteiger partial charge in [-0.2, -0.15) is 0 Å². The van der Waals surface area contributed by atoms with Crippen LogP contribution >= 0.6 is 0 Å². The van der Waals surface area contributed by atoms with Crippen LogP contribution in [0.4, 0.5) is 8.78 Å². The van der Waals surface area contributed by atoms with Gasteiger partial charge in [-0.3, -0.25) is 0 Å². The molecular formula is C14H13BF2O3. The molecule has 20 heavy (non-hydrogen) atoms. The minimum Gasteiger partial charge on any atom is -0.486 e. The van der Waals surface area contributed by atoms with Crippen LogP contribution in [0.5, 0.6) is 5.75 Å². The molecule has 0 fully saturated rings. The molecule has 0 atom stereocenters. The standard InChI is InChI=1S/C14H13BF2O3/c1-9-3-2-4-13(14(9)17)20-8-10-5-11(15(18)19)7-12(16)6-10/h2-7,18-19H,8H2,1H3. The Morgan fingerprint density at radius 1 is 1.15 bits per heavy atom. The summed E-state index contributed by atoms with van der Waals surface area (Å²) in [7, 11) is -1.76. The van der Waals surface area contributed by atoms with Crippen LogP contribution in [-0.4, -0.2) is 17.2 Å². The molecule has 0 bridgehead atoms. The van der Waals surface area contributed by atoms with E-state index in [1.54, 1.807) is 19.1 Å². The van der Waals surface area contributed by atoms with Crippen molar-refractivity contribution < 1.29 is 23.6 Å². The van der Waals surface area contributed by atoms with Gasteiger partial charge in [0.15, 0.2) is 11.6 Å². The molecule has 2 rings (SSSR count). The van der Waals surface area contributed by atoms with Gasteiger partial charge in [0.1, 0.15) is 12.4 Å². The van der Waals surface area contributed by atoms with Gasteiger partial charge >= 0.3 is 7.12 Å². The topological polar surface area (TPSA) is 49.7 Å². The van der Waals surface area contributed by atoms with Crippen LogP contribution in [0.3, 0.4) is 0 Å². The predicted molar refractivity (Wildman–Crippen MR) is 71.7 cm³/mol. The Kier molecular flexibility index (Phi) is 4.37. The van der Waals surface area contributed by atoms with E-state index in [-0.39, 0.29) is 17.8 Å². The number of ether oxygens (including phenoxy) is 1. The Bertz CT molecular complexity index is 617. The number of benzene rings is 2. The van der Waals surface area contributed by atoms with E-state index in [0.717, 1.165) is 6.07 Å². The molecule has 2 aromatic rings. The van der Waals surface area contributed by atoms with E-state index >= 15 is 0 Å². The van der Waals surface area contributed by atoms with Crippen LogP contribution < -0.4 is 10.2 Å². The van der Waals surface area contributed by atoms with E-state index in [1.807, 2.05) is 0 Å².